The van der Waals surface area contributed by atoms with Crippen LogP contribution >= 0.6 is 0 Å². The Hall–Kier alpha value is -2.00. The molecule has 1 heterocycles. The van der Waals surface area contributed by atoms with Gasteiger partial charge in [-0.1, -0.05) is 56.3 Å². The molecule has 0 spiro atoms. The van der Waals surface area contributed by atoms with E-state index in [4.69, 9.17) is 4.74 Å². The summed E-state index contributed by atoms with van der Waals surface area (Å²) in [4.78, 5) is 0. The second-order valence-electron chi connectivity index (χ2n) is 5.64. The maximum absolute atomic E-state index is 5.85. The predicted molar refractivity (Wildman–Crippen MR) is 98.3 cm³/mol. The maximum atomic E-state index is 5.85. The molecule has 1 unspecified atom stereocenters. The van der Waals surface area contributed by atoms with Gasteiger partial charge in [0.15, 0.2) is 0 Å². The number of benzene rings is 2. The fraction of sp³-hybridized carbons (Fsp3) is 0.400. The standard InChI is InChI=1S/C18H22N2O.C2H6/c1-13-7-6-10-17-18(13)20-16(12-21-17)11-19-14(2)15-8-4-3-5-9-15;1-2/h3-10,14,16,19-20H,11-12H2,1-2H3;1-2H3/t14-,16?;/m1./s1. The molecule has 2 N–H and O–H groups in total. The number of nitrogens with one attached hydrogen (secondary N) is 2. The third kappa shape index (κ3) is 4.49. The van der Waals surface area contributed by atoms with Crippen molar-refractivity contribution in [2.24, 2.45) is 0 Å². The molecule has 0 aromatic heterocycles. The minimum absolute atomic E-state index is 0.296. The van der Waals surface area contributed by atoms with E-state index in [9.17, 15) is 0 Å². The summed E-state index contributed by atoms with van der Waals surface area (Å²) in [6, 6.07) is 17.3. The molecule has 0 aliphatic carbocycles. The fourth-order valence-corrected chi connectivity index (χ4v) is 2.67. The summed E-state index contributed by atoms with van der Waals surface area (Å²) in [5.74, 6) is 0.961. The van der Waals surface area contributed by atoms with Gasteiger partial charge in [-0.25, -0.2) is 0 Å². The third-order valence-corrected chi connectivity index (χ3v) is 3.99. The van der Waals surface area contributed by atoms with Crippen LogP contribution in [0.4, 0.5) is 5.69 Å². The van der Waals surface area contributed by atoms with Gasteiger partial charge >= 0.3 is 0 Å². The monoisotopic (exact) mass is 312 g/mol. The lowest BCUT2D eigenvalue weighted by molar-refractivity contribution is 0.277. The SMILES string of the molecule is CC.Cc1cccc2c1NC(CN[C@H](C)c1ccccc1)CO2. The smallest absolute Gasteiger partial charge is 0.142 e. The largest absolute Gasteiger partial charge is 0.489 e. The Labute approximate surface area is 140 Å². The highest BCUT2D eigenvalue weighted by atomic mass is 16.5. The zero-order chi connectivity index (χ0) is 16.7. The fourth-order valence-electron chi connectivity index (χ4n) is 2.67. The predicted octanol–water partition coefficient (Wildman–Crippen LogP) is 4.54. The van der Waals surface area contributed by atoms with Crippen LogP contribution in [0, 0.1) is 6.92 Å². The summed E-state index contributed by atoms with van der Waals surface area (Å²) in [6.45, 7) is 9.88. The Morgan fingerprint density at radius 3 is 2.61 bits per heavy atom. The van der Waals surface area contributed by atoms with Gasteiger partial charge in [0.25, 0.3) is 0 Å². The van der Waals surface area contributed by atoms with Crippen molar-refractivity contribution in [2.75, 3.05) is 18.5 Å². The van der Waals surface area contributed by atoms with Crippen LogP contribution in [0.5, 0.6) is 5.75 Å². The molecule has 0 saturated carbocycles. The first kappa shape index (κ1) is 17.4. The number of rotatable bonds is 4. The maximum Gasteiger partial charge on any atom is 0.142 e. The molecule has 0 radical (unpaired) electrons. The molecule has 0 fully saturated rings. The molecular weight excluding hydrogens is 284 g/mol. The van der Waals surface area contributed by atoms with E-state index >= 15 is 0 Å². The highest BCUT2D eigenvalue weighted by Gasteiger charge is 2.20. The van der Waals surface area contributed by atoms with E-state index in [0.717, 1.165) is 18.0 Å². The minimum atomic E-state index is 0.296. The lowest BCUT2D eigenvalue weighted by atomic mass is 10.1. The van der Waals surface area contributed by atoms with Gasteiger partial charge in [-0.05, 0) is 31.0 Å². The highest BCUT2D eigenvalue weighted by molar-refractivity contribution is 5.63. The van der Waals surface area contributed by atoms with Crippen molar-refractivity contribution in [1.82, 2.24) is 5.32 Å². The lowest BCUT2D eigenvalue weighted by Gasteiger charge is -2.29. The van der Waals surface area contributed by atoms with E-state index in [-0.39, 0.29) is 0 Å². The first-order valence-electron chi connectivity index (χ1n) is 8.51. The van der Waals surface area contributed by atoms with Crippen molar-refractivity contribution in [3.8, 4) is 5.75 Å². The van der Waals surface area contributed by atoms with Gasteiger partial charge in [0.2, 0.25) is 0 Å². The Kier molecular flexibility index (Phi) is 6.48. The van der Waals surface area contributed by atoms with Crippen molar-refractivity contribution < 1.29 is 4.74 Å². The van der Waals surface area contributed by atoms with Crippen molar-refractivity contribution in [3.63, 3.8) is 0 Å². The Morgan fingerprint density at radius 2 is 1.87 bits per heavy atom. The van der Waals surface area contributed by atoms with Crippen LogP contribution in [-0.2, 0) is 0 Å². The summed E-state index contributed by atoms with van der Waals surface area (Å²) in [6.07, 6.45) is 0. The van der Waals surface area contributed by atoms with Gasteiger partial charge in [0, 0.05) is 12.6 Å². The summed E-state index contributed by atoms with van der Waals surface area (Å²) in [5.41, 5.74) is 3.67. The molecule has 1 aliphatic rings. The zero-order valence-corrected chi connectivity index (χ0v) is 14.6. The quantitative estimate of drug-likeness (QED) is 0.869. The lowest BCUT2D eigenvalue weighted by Crippen LogP contribution is -2.41. The molecule has 0 amide bonds. The van der Waals surface area contributed by atoms with E-state index in [1.54, 1.807) is 0 Å². The molecule has 2 atom stereocenters. The average molecular weight is 312 g/mol. The molecule has 3 heteroatoms. The first-order valence-corrected chi connectivity index (χ1v) is 8.51. The highest BCUT2D eigenvalue weighted by Crippen LogP contribution is 2.31. The summed E-state index contributed by atoms with van der Waals surface area (Å²) in [7, 11) is 0. The number of aryl methyl sites for hydroxylation is 1. The van der Waals surface area contributed by atoms with E-state index in [1.165, 1.54) is 11.1 Å². The number of hydrogen-bond donors (Lipinski definition) is 2. The summed E-state index contributed by atoms with van der Waals surface area (Å²) >= 11 is 0. The molecule has 0 saturated heterocycles. The van der Waals surface area contributed by atoms with Crippen molar-refractivity contribution in [3.05, 3.63) is 59.7 Å². The van der Waals surface area contributed by atoms with Crippen LogP contribution < -0.4 is 15.4 Å². The molecule has 124 valence electrons. The van der Waals surface area contributed by atoms with E-state index in [2.05, 4.69) is 54.8 Å². The Morgan fingerprint density at radius 1 is 1.13 bits per heavy atom. The number of anilines is 1. The van der Waals surface area contributed by atoms with E-state index < -0.39 is 0 Å². The average Bonchev–Trinajstić information content (AvgIpc) is 2.62. The molecule has 3 nitrogen and oxygen atoms in total. The molecule has 2 aromatic rings. The third-order valence-electron chi connectivity index (χ3n) is 3.99. The Balaban J connectivity index is 0.000000924. The minimum Gasteiger partial charge on any atom is -0.489 e. The molecule has 1 aliphatic heterocycles. The molecular formula is C20H28N2O. The number of fused-ring (bicyclic) bond motifs is 1. The Bertz CT molecular complexity index is 598. The van der Waals surface area contributed by atoms with Crippen LogP contribution in [0.3, 0.4) is 0 Å². The van der Waals surface area contributed by atoms with Gasteiger partial charge < -0.3 is 15.4 Å². The van der Waals surface area contributed by atoms with Gasteiger partial charge in [-0.2, -0.15) is 0 Å². The molecule has 3 rings (SSSR count). The second kappa shape index (κ2) is 8.59. The topological polar surface area (TPSA) is 33.3 Å². The first-order chi connectivity index (χ1) is 11.2. The molecule has 0 bridgehead atoms. The van der Waals surface area contributed by atoms with Gasteiger partial charge in [0.05, 0.1) is 11.7 Å². The van der Waals surface area contributed by atoms with E-state index in [0.29, 0.717) is 18.7 Å². The summed E-state index contributed by atoms with van der Waals surface area (Å²) < 4.78 is 5.85. The number of hydrogen-bond acceptors (Lipinski definition) is 3. The number of ether oxygens (including phenoxy) is 1. The molecule has 2 aromatic carbocycles. The van der Waals surface area contributed by atoms with Gasteiger partial charge in [0.1, 0.15) is 12.4 Å². The molecule has 23 heavy (non-hydrogen) atoms. The van der Waals surface area contributed by atoms with E-state index in [1.807, 2.05) is 32.0 Å². The summed E-state index contributed by atoms with van der Waals surface area (Å²) in [5, 5.41) is 7.16. The second-order valence-corrected chi connectivity index (χ2v) is 5.64. The zero-order valence-electron chi connectivity index (χ0n) is 14.6. The van der Waals surface area contributed by atoms with Gasteiger partial charge in [-0.15, -0.1) is 0 Å². The van der Waals surface area contributed by atoms with Crippen molar-refractivity contribution in [1.29, 1.82) is 0 Å². The van der Waals surface area contributed by atoms with Crippen LogP contribution in [0.1, 0.15) is 37.9 Å². The van der Waals surface area contributed by atoms with Crippen LogP contribution in [-0.4, -0.2) is 19.2 Å². The van der Waals surface area contributed by atoms with Crippen LogP contribution in [0.25, 0.3) is 0 Å². The van der Waals surface area contributed by atoms with Gasteiger partial charge in [-0.3, -0.25) is 0 Å². The van der Waals surface area contributed by atoms with Crippen molar-refractivity contribution in [2.45, 2.75) is 39.8 Å². The van der Waals surface area contributed by atoms with Crippen molar-refractivity contribution >= 4 is 5.69 Å². The number of para-hydroxylation sites is 1. The van der Waals surface area contributed by atoms with Crippen LogP contribution in [0.15, 0.2) is 48.5 Å². The van der Waals surface area contributed by atoms with Crippen LogP contribution in [0.2, 0.25) is 0 Å². The normalized spacial score (nSPS) is 17.0.